The maximum Gasteiger partial charge on any atom is 2.00 e. The molecule has 0 rings (SSSR count). The van der Waals surface area contributed by atoms with E-state index in [9.17, 15) is 0 Å². The van der Waals surface area contributed by atoms with E-state index in [-0.39, 0.29) is 32.0 Å². The summed E-state index contributed by atoms with van der Waals surface area (Å²) in [7, 11) is 0. The third-order valence-corrected chi connectivity index (χ3v) is 0.677. The van der Waals surface area contributed by atoms with Gasteiger partial charge in [-0.1, -0.05) is 12.8 Å². The molecule has 0 radical (unpaired) electrons. The molecule has 9 heavy (non-hydrogen) atoms. The monoisotopic (exact) mass is 316 g/mol. The number of hydrogen-bond acceptors (Lipinski definition) is 0. The van der Waals surface area contributed by atoms with E-state index >= 15 is 0 Å². The van der Waals surface area contributed by atoms with Crippen LogP contribution in [0.2, 0.25) is 0 Å². The SMILES string of the molecule is O.O.[CH2-]CCCC[NH-].[Pt+2]. The summed E-state index contributed by atoms with van der Waals surface area (Å²) >= 11 is 0. The van der Waals surface area contributed by atoms with E-state index in [2.05, 4.69) is 6.92 Å². The first kappa shape index (κ1) is 22.7. The first-order valence-electron chi connectivity index (χ1n) is 2.35. The molecular weight excluding hydrogens is 301 g/mol. The predicted molar refractivity (Wildman–Crippen MR) is 35.6 cm³/mol. The molecule has 0 aromatic heterocycles. The molecule has 0 aliphatic rings. The second-order valence-electron chi connectivity index (χ2n) is 1.31. The smallest absolute Gasteiger partial charge is 0.677 e. The Hall–Kier alpha value is 0.568. The Morgan fingerprint density at radius 3 is 1.67 bits per heavy atom. The van der Waals surface area contributed by atoms with Crippen molar-refractivity contribution in [1.82, 2.24) is 0 Å². The molecule has 0 spiro atoms. The molecule has 3 nitrogen and oxygen atoms in total. The maximum absolute atomic E-state index is 6.68. The van der Waals surface area contributed by atoms with Crippen molar-refractivity contribution in [2.75, 3.05) is 6.54 Å². The minimum Gasteiger partial charge on any atom is -0.677 e. The Morgan fingerprint density at radius 2 is 1.56 bits per heavy atom. The third-order valence-electron chi connectivity index (χ3n) is 0.677. The summed E-state index contributed by atoms with van der Waals surface area (Å²) < 4.78 is 0. The summed E-state index contributed by atoms with van der Waals surface area (Å²) in [6.07, 6.45) is 3.12. The van der Waals surface area contributed by atoms with Gasteiger partial charge >= 0.3 is 21.1 Å². The molecule has 0 bridgehead atoms. The van der Waals surface area contributed by atoms with Gasteiger partial charge in [0, 0.05) is 0 Å². The third kappa shape index (κ3) is 29.0. The van der Waals surface area contributed by atoms with Crippen LogP contribution in [0, 0.1) is 6.92 Å². The van der Waals surface area contributed by atoms with E-state index in [4.69, 9.17) is 5.73 Å². The van der Waals surface area contributed by atoms with E-state index < -0.39 is 0 Å². The molecule has 0 aromatic rings. The van der Waals surface area contributed by atoms with Crippen molar-refractivity contribution >= 4 is 0 Å². The average Bonchev–Trinajstić information content (AvgIpc) is 1.61. The van der Waals surface area contributed by atoms with E-state index in [1.807, 2.05) is 0 Å². The Bertz CT molecular complexity index is 26.9. The van der Waals surface area contributed by atoms with Gasteiger partial charge in [-0.25, -0.2) is 0 Å². The molecule has 0 fully saturated rings. The van der Waals surface area contributed by atoms with Gasteiger partial charge in [0.05, 0.1) is 0 Å². The van der Waals surface area contributed by atoms with Crippen molar-refractivity contribution in [3.63, 3.8) is 0 Å². The first-order chi connectivity index (χ1) is 2.91. The molecule has 4 heteroatoms. The number of rotatable bonds is 3. The van der Waals surface area contributed by atoms with Crippen LogP contribution >= 0.6 is 0 Å². The average molecular weight is 316 g/mol. The van der Waals surface area contributed by atoms with Gasteiger partial charge in [0.15, 0.2) is 0 Å². The fourth-order valence-corrected chi connectivity index (χ4v) is 0.302. The fourth-order valence-electron chi connectivity index (χ4n) is 0.302. The van der Waals surface area contributed by atoms with Crippen LogP contribution in [0.1, 0.15) is 19.3 Å². The Kier molecular flexibility index (Phi) is 59.2. The number of nitrogens with one attached hydrogen (secondary N) is 1. The van der Waals surface area contributed by atoms with Crippen molar-refractivity contribution in [3.8, 4) is 0 Å². The Balaban J connectivity index is -0.0000000417. The summed E-state index contributed by atoms with van der Waals surface area (Å²) in [5.41, 5.74) is 6.68. The second-order valence-corrected chi connectivity index (χ2v) is 1.31. The van der Waals surface area contributed by atoms with E-state index in [1.54, 1.807) is 0 Å². The molecule has 0 saturated heterocycles. The van der Waals surface area contributed by atoms with Crippen LogP contribution < -0.4 is 0 Å². The largest absolute Gasteiger partial charge is 2.00 e. The van der Waals surface area contributed by atoms with Gasteiger partial charge in [0.2, 0.25) is 0 Å². The van der Waals surface area contributed by atoms with Crippen molar-refractivity contribution < 1.29 is 32.0 Å². The van der Waals surface area contributed by atoms with E-state index in [1.165, 1.54) is 0 Å². The molecule has 62 valence electrons. The molecular formula is C5H15NO2Pt. The van der Waals surface area contributed by atoms with Crippen molar-refractivity contribution in [2.45, 2.75) is 19.3 Å². The van der Waals surface area contributed by atoms with Crippen molar-refractivity contribution in [2.24, 2.45) is 0 Å². The summed E-state index contributed by atoms with van der Waals surface area (Å²) in [6, 6.07) is 0. The van der Waals surface area contributed by atoms with Gasteiger partial charge in [-0.3, -0.25) is 0 Å². The molecule has 0 unspecified atom stereocenters. The van der Waals surface area contributed by atoms with Crippen LogP contribution in [-0.4, -0.2) is 17.5 Å². The van der Waals surface area contributed by atoms with Gasteiger partial charge in [0.25, 0.3) is 0 Å². The minimum atomic E-state index is 0. The summed E-state index contributed by atoms with van der Waals surface area (Å²) in [5, 5.41) is 0. The van der Waals surface area contributed by atoms with Crippen LogP contribution in [0.5, 0.6) is 0 Å². The summed E-state index contributed by atoms with van der Waals surface area (Å²) in [4.78, 5) is 0. The van der Waals surface area contributed by atoms with E-state index in [0.29, 0.717) is 6.54 Å². The second kappa shape index (κ2) is 23.5. The zero-order chi connectivity index (χ0) is 4.83. The maximum atomic E-state index is 6.68. The summed E-state index contributed by atoms with van der Waals surface area (Å²) in [6.45, 7) is 4.20. The van der Waals surface area contributed by atoms with Gasteiger partial charge in [0.1, 0.15) is 0 Å². The van der Waals surface area contributed by atoms with Crippen LogP contribution in [0.3, 0.4) is 0 Å². The van der Waals surface area contributed by atoms with Gasteiger partial charge < -0.3 is 23.6 Å². The van der Waals surface area contributed by atoms with Gasteiger partial charge in [-0.15, -0.1) is 0 Å². The quantitative estimate of drug-likeness (QED) is 0.533. The van der Waals surface area contributed by atoms with Crippen molar-refractivity contribution in [3.05, 3.63) is 12.7 Å². The topological polar surface area (TPSA) is 86.8 Å². The zero-order valence-corrected chi connectivity index (χ0v) is 7.62. The number of hydrogen-bond donors (Lipinski definition) is 0. The molecule has 0 aliphatic heterocycles. The van der Waals surface area contributed by atoms with Crippen LogP contribution in [0.4, 0.5) is 0 Å². The van der Waals surface area contributed by atoms with Gasteiger partial charge in [-0.05, 0) is 0 Å². The summed E-state index contributed by atoms with van der Waals surface area (Å²) in [5.74, 6) is 0. The Labute approximate surface area is 70.9 Å². The molecule has 0 amide bonds. The van der Waals surface area contributed by atoms with E-state index in [0.717, 1.165) is 19.3 Å². The number of unbranched alkanes of at least 4 members (excludes halogenated alkanes) is 2. The van der Waals surface area contributed by atoms with Gasteiger partial charge in [-0.2, -0.15) is 13.0 Å². The van der Waals surface area contributed by atoms with Crippen molar-refractivity contribution in [1.29, 1.82) is 0 Å². The van der Waals surface area contributed by atoms with Crippen LogP contribution in [-0.2, 0) is 21.1 Å². The molecule has 5 N–H and O–H groups in total. The fraction of sp³-hybridized carbons (Fsp3) is 0.800. The van der Waals surface area contributed by atoms with Crippen LogP contribution in [0.25, 0.3) is 5.73 Å². The Morgan fingerprint density at radius 1 is 1.11 bits per heavy atom. The molecule has 0 aromatic carbocycles. The molecule has 0 atom stereocenters. The van der Waals surface area contributed by atoms with Crippen LogP contribution in [0.15, 0.2) is 0 Å². The predicted octanol–water partition coefficient (Wildman–Crippen LogP) is 0.391. The molecule has 0 heterocycles. The molecule has 0 aliphatic carbocycles. The first-order valence-corrected chi connectivity index (χ1v) is 2.35. The normalized spacial score (nSPS) is 6.00. The standard InChI is InChI=1S/C5H11N.2H2O.Pt/c1-2-3-4-5-6;;;/h6H,1-5H2;2*1H2;/q-2;;;+2. The zero-order valence-electron chi connectivity index (χ0n) is 5.35. The molecule has 0 saturated carbocycles. The minimum absolute atomic E-state index is 0.